The van der Waals surface area contributed by atoms with E-state index in [0.717, 1.165) is 17.0 Å². The molecule has 0 spiro atoms. The minimum absolute atomic E-state index is 0.445. The van der Waals surface area contributed by atoms with Crippen LogP contribution in [0, 0.1) is 0 Å². The predicted octanol–water partition coefficient (Wildman–Crippen LogP) is 1.13. The van der Waals surface area contributed by atoms with Crippen molar-refractivity contribution in [3.05, 3.63) is 10.6 Å². The summed E-state index contributed by atoms with van der Waals surface area (Å²) >= 11 is 6.22. The molecule has 0 aliphatic carbocycles. The third kappa shape index (κ3) is 3.94. The van der Waals surface area contributed by atoms with Gasteiger partial charge in [-0.25, -0.2) is 9.59 Å². The third-order valence-corrected chi connectivity index (χ3v) is 3.78. The maximum Gasteiger partial charge on any atom is 0.414 e. The van der Waals surface area contributed by atoms with E-state index in [1.54, 1.807) is 13.3 Å². The molecule has 2 aliphatic heterocycles. The lowest BCUT2D eigenvalue weighted by Gasteiger charge is -2.31. The Bertz CT molecular complexity index is 437. The van der Waals surface area contributed by atoms with Crippen LogP contribution in [0.5, 0.6) is 0 Å². The van der Waals surface area contributed by atoms with Crippen LogP contribution in [0.2, 0.25) is 0 Å². The zero-order chi connectivity index (χ0) is 15.3. The van der Waals surface area contributed by atoms with Gasteiger partial charge in [0, 0.05) is 22.7 Å². The van der Waals surface area contributed by atoms with Gasteiger partial charge in [-0.05, 0) is 26.3 Å². The van der Waals surface area contributed by atoms with E-state index in [1.165, 1.54) is 12.8 Å². The number of rotatable bonds is 2. The number of carboxylic acid groups (broad SMARTS) is 2. The average molecular weight is 305 g/mol. The van der Waals surface area contributed by atoms with Crippen molar-refractivity contribution in [2.24, 2.45) is 5.16 Å². The molecule has 20 heavy (non-hydrogen) atoms. The molecule has 0 aromatic carbocycles. The quantitative estimate of drug-likeness (QED) is 0.451. The van der Waals surface area contributed by atoms with E-state index >= 15 is 0 Å². The van der Waals surface area contributed by atoms with E-state index in [4.69, 9.17) is 36.2 Å². The van der Waals surface area contributed by atoms with Gasteiger partial charge in [0.15, 0.2) is 0 Å². The van der Waals surface area contributed by atoms with Crippen molar-refractivity contribution < 1.29 is 24.6 Å². The Labute approximate surface area is 121 Å². The summed E-state index contributed by atoms with van der Waals surface area (Å²) in [7, 11) is 3.71. The number of carboxylic acids is 2. The van der Waals surface area contributed by atoms with Crippen molar-refractivity contribution in [3.8, 4) is 0 Å². The molecule has 112 valence electrons. The number of hydrogen-bond acceptors (Lipinski definition) is 5. The molecule has 2 N–H and O–H groups in total. The van der Waals surface area contributed by atoms with Crippen molar-refractivity contribution in [1.29, 1.82) is 0 Å². The van der Waals surface area contributed by atoms with Gasteiger partial charge in [-0.3, -0.25) is 4.90 Å². The van der Waals surface area contributed by atoms with E-state index in [9.17, 15) is 0 Å². The summed E-state index contributed by atoms with van der Waals surface area (Å²) in [4.78, 5) is 25.3. The van der Waals surface area contributed by atoms with Crippen molar-refractivity contribution in [2.75, 3.05) is 14.2 Å². The zero-order valence-corrected chi connectivity index (χ0v) is 12.0. The second kappa shape index (κ2) is 7.25. The second-order valence-corrected chi connectivity index (χ2v) is 4.96. The maximum absolute atomic E-state index is 9.10. The monoisotopic (exact) mass is 304 g/mol. The van der Waals surface area contributed by atoms with Gasteiger partial charge in [0.2, 0.25) is 0 Å². The normalized spacial score (nSPS) is 25.4. The molecule has 1 fully saturated rings. The van der Waals surface area contributed by atoms with Gasteiger partial charge in [-0.15, -0.1) is 0 Å². The first-order valence-electron chi connectivity index (χ1n) is 6.01. The molecule has 2 bridgehead atoms. The fourth-order valence-corrected chi connectivity index (χ4v) is 2.76. The number of fused-ring (bicyclic) bond motifs is 2. The summed E-state index contributed by atoms with van der Waals surface area (Å²) in [6, 6.07) is 1.08. The topological polar surface area (TPSA) is 99.4 Å². The van der Waals surface area contributed by atoms with Crippen LogP contribution in [0.4, 0.5) is 0 Å². The minimum atomic E-state index is -1.82. The van der Waals surface area contributed by atoms with Gasteiger partial charge >= 0.3 is 11.9 Å². The van der Waals surface area contributed by atoms with E-state index in [2.05, 4.69) is 17.1 Å². The van der Waals surface area contributed by atoms with Gasteiger partial charge in [0.1, 0.15) is 7.11 Å². The molecule has 0 aromatic heterocycles. The molecule has 7 nitrogen and oxygen atoms in total. The van der Waals surface area contributed by atoms with Crippen LogP contribution in [0.1, 0.15) is 19.3 Å². The summed E-state index contributed by atoms with van der Waals surface area (Å²) in [6.07, 6.45) is 5.13. The Morgan fingerprint density at radius 1 is 1.40 bits per heavy atom. The summed E-state index contributed by atoms with van der Waals surface area (Å²) in [5.41, 5.74) is 1.13. The van der Waals surface area contributed by atoms with Crippen LogP contribution < -0.4 is 0 Å². The van der Waals surface area contributed by atoms with E-state index < -0.39 is 11.9 Å². The number of hydrogen-bond donors (Lipinski definition) is 2. The fourth-order valence-electron chi connectivity index (χ4n) is 2.40. The highest BCUT2D eigenvalue weighted by Gasteiger charge is 2.37. The first-order chi connectivity index (χ1) is 9.38. The van der Waals surface area contributed by atoms with E-state index in [0.29, 0.717) is 12.1 Å². The Hall–Kier alpha value is -1.60. The molecule has 2 heterocycles. The number of nitrogens with zero attached hydrogens (tertiary/aromatic N) is 2. The first-order valence-corrected chi connectivity index (χ1v) is 6.39. The van der Waals surface area contributed by atoms with Gasteiger partial charge in [-0.2, -0.15) is 0 Å². The highest BCUT2D eigenvalue weighted by atomic mass is 35.5. The molecule has 1 saturated heterocycles. The molecule has 8 heteroatoms. The average Bonchev–Trinajstić information content (AvgIpc) is 2.64. The van der Waals surface area contributed by atoms with Crippen molar-refractivity contribution >= 4 is 29.8 Å². The van der Waals surface area contributed by atoms with Crippen LogP contribution in [0.3, 0.4) is 0 Å². The SMILES string of the molecule is CO/N=C/C1=C(Cl)CC2CCC1N2C.O=C(O)C(=O)O. The van der Waals surface area contributed by atoms with Crippen LogP contribution in [-0.2, 0) is 14.4 Å². The highest BCUT2D eigenvalue weighted by Crippen LogP contribution is 2.38. The number of oxime groups is 1. The van der Waals surface area contributed by atoms with Gasteiger partial charge in [-0.1, -0.05) is 16.8 Å². The van der Waals surface area contributed by atoms with Gasteiger partial charge in [0.25, 0.3) is 0 Å². The molecule has 2 aliphatic rings. The van der Waals surface area contributed by atoms with Crippen LogP contribution in [0.25, 0.3) is 0 Å². The molecule has 2 rings (SSSR count). The van der Waals surface area contributed by atoms with E-state index in [1.807, 2.05) is 0 Å². The van der Waals surface area contributed by atoms with Crippen LogP contribution in [0.15, 0.2) is 15.8 Å². The van der Waals surface area contributed by atoms with Crippen LogP contribution in [-0.4, -0.2) is 59.5 Å². The standard InChI is InChI=1S/C10H15ClN2O.C2H2O4/c1-13-7-3-4-10(13)8(6-12-14-2)9(11)5-7;3-1(4)2(5)6/h6-7,10H,3-5H2,1-2H3;(H,3,4)(H,5,6)/b12-6+;. The Kier molecular flexibility index (Phi) is 5.97. The predicted molar refractivity (Wildman–Crippen MR) is 72.8 cm³/mol. The zero-order valence-electron chi connectivity index (χ0n) is 11.2. The number of halogens is 1. The smallest absolute Gasteiger partial charge is 0.414 e. The summed E-state index contributed by atoms with van der Waals surface area (Å²) in [6.45, 7) is 0. The number of aliphatic carboxylic acids is 2. The second-order valence-electron chi connectivity index (χ2n) is 4.50. The van der Waals surface area contributed by atoms with Crippen LogP contribution >= 0.6 is 11.6 Å². The highest BCUT2D eigenvalue weighted by molar-refractivity contribution is 6.31. The molecular formula is C12H17ClN2O5. The molecule has 0 radical (unpaired) electrons. The summed E-state index contributed by atoms with van der Waals surface area (Å²) < 4.78 is 0. The minimum Gasteiger partial charge on any atom is -0.473 e. The summed E-state index contributed by atoms with van der Waals surface area (Å²) in [5.74, 6) is -3.65. The molecule has 2 atom stereocenters. The lowest BCUT2D eigenvalue weighted by atomic mass is 10.0. The maximum atomic E-state index is 9.10. The molecular weight excluding hydrogens is 288 g/mol. The molecule has 0 aromatic rings. The Morgan fingerprint density at radius 3 is 2.50 bits per heavy atom. The van der Waals surface area contributed by atoms with Gasteiger partial charge < -0.3 is 15.1 Å². The molecule has 0 amide bonds. The van der Waals surface area contributed by atoms with Gasteiger partial charge in [0.05, 0.1) is 6.21 Å². The van der Waals surface area contributed by atoms with Crippen molar-refractivity contribution in [3.63, 3.8) is 0 Å². The lowest BCUT2D eigenvalue weighted by molar-refractivity contribution is -0.159. The molecule has 0 saturated carbocycles. The van der Waals surface area contributed by atoms with Crippen molar-refractivity contribution in [1.82, 2.24) is 4.90 Å². The number of carbonyl (C=O) groups is 2. The number of likely N-dealkylation sites (N-methyl/N-ethyl adjacent to an activating group) is 1. The Balaban J connectivity index is 0.000000286. The third-order valence-electron chi connectivity index (χ3n) is 3.41. The molecule has 2 unspecified atom stereocenters. The lowest BCUT2D eigenvalue weighted by Crippen LogP contribution is -2.37. The largest absolute Gasteiger partial charge is 0.473 e. The Morgan fingerprint density at radius 2 is 2.00 bits per heavy atom. The first kappa shape index (κ1) is 16.5. The fraction of sp³-hybridized carbons (Fsp3) is 0.583. The summed E-state index contributed by atoms with van der Waals surface area (Å²) in [5, 5.41) is 19.5. The van der Waals surface area contributed by atoms with Crippen molar-refractivity contribution in [2.45, 2.75) is 31.3 Å². The van der Waals surface area contributed by atoms with E-state index in [-0.39, 0.29) is 0 Å².